The van der Waals surface area contributed by atoms with Gasteiger partial charge in [0.15, 0.2) is 0 Å². The summed E-state index contributed by atoms with van der Waals surface area (Å²) in [6.45, 7) is 0.756. The third-order valence-electron chi connectivity index (χ3n) is 1.73. The molecule has 1 rings (SSSR count). The molecule has 0 radical (unpaired) electrons. The number of benzene rings is 1. The van der Waals surface area contributed by atoms with Crippen LogP contribution in [-0.2, 0) is 0 Å². The fourth-order valence-corrected chi connectivity index (χ4v) is 1.49. The minimum atomic E-state index is 0.756. The van der Waals surface area contributed by atoms with Gasteiger partial charge in [-0.05, 0) is 37.9 Å². The van der Waals surface area contributed by atoms with Crippen LogP contribution in [0.1, 0.15) is 5.56 Å². The lowest BCUT2D eigenvalue weighted by molar-refractivity contribution is 0.453. The Morgan fingerprint density at radius 3 is 2.43 bits per heavy atom. The molecule has 0 saturated carbocycles. The van der Waals surface area contributed by atoms with Gasteiger partial charge in [0.1, 0.15) is 0 Å². The van der Waals surface area contributed by atoms with Crippen LogP contribution < -0.4 is 5.73 Å². The Morgan fingerprint density at radius 2 is 1.93 bits per heavy atom. The first-order chi connectivity index (χ1) is 6.58. The summed E-state index contributed by atoms with van der Waals surface area (Å²) in [6.07, 6.45) is 1.95. The van der Waals surface area contributed by atoms with Crippen molar-refractivity contribution in [2.24, 2.45) is 0 Å². The van der Waals surface area contributed by atoms with Gasteiger partial charge in [-0.1, -0.05) is 23.7 Å². The number of nitrogen functional groups attached to an aromatic ring is 1. The maximum atomic E-state index is 6.04. The monoisotopic (exact) mass is 210 g/mol. The summed E-state index contributed by atoms with van der Waals surface area (Å²) in [4.78, 5) is 2.02. The lowest BCUT2D eigenvalue weighted by atomic mass is 10.2. The van der Waals surface area contributed by atoms with Crippen molar-refractivity contribution in [3.63, 3.8) is 0 Å². The SMILES string of the molecule is CN(C)CC(Cl)=Cc1ccc(N)cc1. The first-order valence-electron chi connectivity index (χ1n) is 4.44. The standard InChI is InChI=1S/C11H15ClN2/c1-14(2)8-10(12)7-9-3-5-11(13)6-4-9/h3-7H,8,13H2,1-2H3. The Kier molecular flexibility index (Phi) is 3.98. The molecule has 0 aliphatic carbocycles. The van der Waals surface area contributed by atoms with Gasteiger partial charge in [-0.15, -0.1) is 0 Å². The molecule has 0 heterocycles. The maximum Gasteiger partial charge on any atom is 0.0335 e. The number of nitrogens with two attached hydrogens (primary N) is 1. The molecule has 0 saturated heterocycles. The molecule has 76 valence electrons. The lowest BCUT2D eigenvalue weighted by Gasteiger charge is -2.07. The van der Waals surface area contributed by atoms with Crippen molar-refractivity contribution in [3.05, 3.63) is 34.9 Å². The number of nitrogens with zero attached hydrogens (tertiary/aromatic N) is 1. The van der Waals surface area contributed by atoms with Crippen molar-refractivity contribution in [2.75, 3.05) is 26.4 Å². The van der Waals surface area contributed by atoms with E-state index in [4.69, 9.17) is 17.3 Å². The van der Waals surface area contributed by atoms with E-state index in [0.29, 0.717) is 0 Å². The zero-order chi connectivity index (χ0) is 10.6. The van der Waals surface area contributed by atoms with E-state index in [0.717, 1.165) is 22.8 Å². The minimum Gasteiger partial charge on any atom is -0.399 e. The van der Waals surface area contributed by atoms with Crippen LogP contribution in [0.4, 0.5) is 5.69 Å². The Balaban J connectivity index is 2.71. The van der Waals surface area contributed by atoms with Gasteiger partial charge in [0.25, 0.3) is 0 Å². The lowest BCUT2D eigenvalue weighted by Crippen LogP contribution is -2.12. The topological polar surface area (TPSA) is 29.3 Å². The molecule has 0 fully saturated rings. The van der Waals surface area contributed by atoms with Gasteiger partial charge in [-0.3, -0.25) is 0 Å². The molecule has 1 aromatic rings. The van der Waals surface area contributed by atoms with Crippen molar-refractivity contribution in [2.45, 2.75) is 0 Å². The van der Waals surface area contributed by atoms with Crippen LogP contribution in [0, 0.1) is 0 Å². The normalized spacial score (nSPS) is 12.1. The highest BCUT2D eigenvalue weighted by atomic mass is 35.5. The second kappa shape index (κ2) is 5.03. The Morgan fingerprint density at radius 1 is 1.36 bits per heavy atom. The molecule has 1 aromatic carbocycles. The number of hydrogen-bond donors (Lipinski definition) is 1. The number of likely N-dealkylation sites (N-methyl/N-ethyl adjacent to an activating group) is 1. The molecule has 14 heavy (non-hydrogen) atoms. The van der Waals surface area contributed by atoms with Crippen molar-refractivity contribution < 1.29 is 0 Å². The molecule has 0 aliphatic heterocycles. The Bertz CT molecular complexity index is 315. The fraction of sp³-hybridized carbons (Fsp3) is 0.273. The molecule has 0 amide bonds. The zero-order valence-corrected chi connectivity index (χ0v) is 9.25. The van der Waals surface area contributed by atoms with Crippen LogP contribution in [0.5, 0.6) is 0 Å². The first kappa shape index (κ1) is 11.1. The van der Waals surface area contributed by atoms with Crippen LogP contribution in [0.25, 0.3) is 6.08 Å². The van der Waals surface area contributed by atoms with Crippen molar-refractivity contribution in [1.82, 2.24) is 4.90 Å². The molecule has 0 aliphatic rings. The number of anilines is 1. The van der Waals surface area contributed by atoms with Crippen LogP contribution >= 0.6 is 11.6 Å². The van der Waals surface area contributed by atoms with E-state index >= 15 is 0 Å². The zero-order valence-electron chi connectivity index (χ0n) is 8.50. The Labute approximate surface area is 90.0 Å². The van der Waals surface area contributed by atoms with Gasteiger partial charge in [0, 0.05) is 17.3 Å². The van der Waals surface area contributed by atoms with Crippen molar-refractivity contribution in [1.29, 1.82) is 0 Å². The fourth-order valence-electron chi connectivity index (χ4n) is 1.12. The molecule has 0 unspecified atom stereocenters. The maximum absolute atomic E-state index is 6.04. The highest BCUT2D eigenvalue weighted by Gasteiger charge is 1.95. The highest BCUT2D eigenvalue weighted by molar-refractivity contribution is 6.31. The summed E-state index contributed by atoms with van der Waals surface area (Å²) >= 11 is 6.04. The molecular formula is C11H15ClN2. The van der Waals surface area contributed by atoms with E-state index in [-0.39, 0.29) is 0 Å². The van der Waals surface area contributed by atoms with E-state index in [2.05, 4.69) is 0 Å². The van der Waals surface area contributed by atoms with Gasteiger partial charge in [0.2, 0.25) is 0 Å². The minimum absolute atomic E-state index is 0.756. The van der Waals surface area contributed by atoms with Gasteiger partial charge in [0.05, 0.1) is 0 Å². The van der Waals surface area contributed by atoms with E-state index in [9.17, 15) is 0 Å². The van der Waals surface area contributed by atoms with E-state index in [1.807, 2.05) is 49.3 Å². The van der Waals surface area contributed by atoms with E-state index in [1.165, 1.54) is 0 Å². The largest absolute Gasteiger partial charge is 0.399 e. The smallest absolute Gasteiger partial charge is 0.0335 e. The molecular weight excluding hydrogens is 196 g/mol. The second-order valence-electron chi connectivity index (χ2n) is 3.50. The predicted molar refractivity (Wildman–Crippen MR) is 63.2 cm³/mol. The summed E-state index contributed by atoms with van der Waals surface area (Å²) in [6, 6.07) is 7.64. The molecule has 2 nitrogen and oxygen atoms in total. The summed E-state index contributed by atoms with van der Waals surface area (Å²) < 4.78 is 0. The van der Waals surface area contributed by atoms with Gasteiger partial charge >= 0.3 is 0 Å². The molecule has 0 atom stereocenters. The summed E-state index contributed by atoms with van der Waals surface area (Å²) in [5.41, 5.74) is 7.42. The van der Waals surface area contributed by atoms with Crippen molar-refractivity contribution in [3.8, 4) is 0 Å². The third kappa shape index (κ3) is 3.81. The van der Waals surface area contributed by atoms with Crippen LogP contribution in [0.3, 0.4) is 0 Å². The summed E-state index contributed by atoms with van der Waals surface area (Å²) in [7, 11) is 3.97. The first-order valence-corrected chi connectivity index (χ1v) is 4.82. The van der Waals surface area contributed by atoms with Crippen molar-refractivity contribution >= 4 is 23.4 Å². The third-order valence-corrected chi connectivity index (χ3v) is 1.96. The summed E-state index contributed by atoms with van der Waals surface area (Å²) in [5, 5.41) is 0.819. The summed E-state index contributed by atoms with van der Waals surface area (Å²) in [5.74, 6) is 0. The van der Waals surface area contributed by atoms with E-state index < -0.39 is 0 Å². The average molecular weight is 211 g/mol. The predicted octanol–water partition coefficient (Wildman–Crippen LogP) is 2.41. The quantitative estimate of drug-likeness (QED) is 0.777. The molecule has 2 N–H and O–H groups in total. The van der Waals surface area contributed by atoms with Gasteiger partial charge in [-0.25, -0.2) is 0 Å². The Hall–Kier alpha value is -0.990. The van der Waals surface area contributed by atoms with Gasteiger partial charge in [-0.2, -0.15) is 0 Å². The molecule has 0 aromatic heterocycles. The number of rotatable bonds is 3. The van der Waals surface area contributed by atoms with E-state index in [1.54, 1.807) is 0 Å². The number of hydrogen-bond acceptors (Lipinski definition) is 2. The highest BCUT2D eigenvalue weighted by Crippen LogP contribution is 2.12. The second-order valence-corrected chi connectivity index (χ2v) is 3.98. The molecule has 0 spiro atoms. The van der Waals surface area contributed by atoms with Crippen LogP contribution in [0.2, 0.25) is 0 Å². The number of halogens is 1. The van der Waals surface area contributed by atoms with Crippen LogP contribution in [-0.4, -0.2) is 25.5 Å². The van der Waals surface area contributed by atoms with Gasteiger partial charge < -0.3 is 10.6 Å². The molecule has 0 bridgehead atoms. The molecule has 3 heteroatoms. The van der Waals surface area contributed by atoms with Crippen LogP contribution in [0.15, 0.2) is 29.3 Å². The average Bonchev–Trinajstić information content (AvgIpc) is 2.07.